The van der Waals surface area contributed by atoms with Crippen LogP contribution in [-0.2, 0) is 24.1 Å². The summed E-state index contributed by atoms with van der Waals surface area (Å²) in [5.74, 6) is -4.92. The van der Waals surface area contributed by atoms with E-state index in [1.807, 2.05) is 10.9 Å². The second kappa shape index (κ2) is 16.6. The molecule has 1 unspecified atom stereocenters. The first-order valence-electron chi connectivity index (χ1n) is 19.6. The molecule has 1 N–H and O–H groups in total. The number of alkyl halides is 3. The number of hydrogen-bond donors (Lipinski definition) is 1. The summed E-state index contributed by atoms with van der Waals surface area (Å²) in [5.41, 5.74) is -0.371. The maximum absolute atomic E-state index is 19.1. The zero-order valence-corrected chi connectivity index (χ0v) is 37.3. The van der Waals surface area contributed by atoms with E-state index in [0.717, 1.165) is 56.1 Å². The smallest absolute Gasteiger partial charge is 0.387 e. The predicted molar refractivity (Wildman–Crippen MR) is 228 cm³/mol. The minimum Gasteiger partial charge on any atom is -0.434 e. The molecule has 0 bridgehead atoms. The number of aromatic nitrogens is 4. The number of fused-ring (bicyclic) bond motifs is 1. The first-order chi connectivity index (χ1) is 28.7. The van der Waals surface area contributed by atoms with Crippen molar-refractivity contribution in [2.75, 3.05) is 0 Å². The highest BCUT2D eigenvalue weighted by molar-refractivity contribution is 8.10. The third-order valence-electron chi connectivity index (χ3n) is 11.9. The van der Waals surface area contributed by atoms with Crippen molar-refractivity contribution in [3.8, 4) is 16.9 Å². The Balaban J connectivity index is 1.39. The van der Waals surface area contributed by atoms with Crippen molar-refractivity contribution in [3.05, 3.63) is 126 Å². The van der Waals surface area contributed by atoms with Gasteiger partial charge in [-0.05, 0) is 91.8 Å². The Bertz CT molecular complexity index is 2690. The number of halogens is 5. The van der Waals surface area contributed by atoms with Crippen molar-refractivity contribution in [2.45, 2.75) is 103 Å². The van der Waals surface area contributed by atoms with Crippen LogP contribution in [0.1, 0.15) is 69.5 Å². The molecule has 1 aliphatic carbocycles. The minimum atomic E-state index is -5.75. The molecule has 0 radical (unpaired) electrons. The topological polar surface area (TPSA) is 133 Å². The predicted octanol–water partition coefficient (Wildman–Crippen LogP) is 11.0. The van der Waals surface area contributed by atoms with Crippen LogP contribution in [0.3, 0.4) is 0 Å². The van der Waals surface area contributed by atoms with Crippen molar-refractivity contribution in [1.29, 1.82) is 0 Å². The van der Waals surface area contributed by atoms with Gasteiger partial charge in [-0.25, -0.2) is 30.6 Å². The largest absolute Gasteiger partial charge is 0.434 e. The molecule has 7 rings (SSSR count). The lowest BCUT2D eigenvalue weighted by molar-refractivity contribution is -0.0507. The Labute approximate surface area is 358 Å². The van der Waals surface area contributed by atoms with Crippen molar-refractivity contribution < 1.29 is 43.6 Å². The fourth-order valence-electron chi connectivity index (χ4n) is 7.63. The van der Waals surface area contributed by atoms with Gasteiger partial charge in [-0.2, -0.15) is 13.9 Å². The number of sulfone groups is 2. The van der Waals surface area contributed by atoms with E-state index in [-0.39, 0.29) is 28.2 Å². The molecule has 0 saturated heterocycles. The molecule has 0 amide bonds. The normalized spacial score (nSPS) is 17.5. The molecular formula is C43H45ClF4N4O6S2Si. The Morgan fingerprint density at radius 1 is 0.869 bits per heavy atom. The van der Waals surface area contributed by atoms with Crippen molar-refractivity contribution in [2.24, 2.45) is 0 Å². The van der Waals surface area contributed by atoms with Gasteiger partial charge in [0.25, 0.3) is 0 Å². The molecule has 61 heavy (non-hydrogen) atoms. The summed E-state index contributed by atoms with van der Waals surface area (Å²) in [7, 11) is -13.5. The van der Waals surface area contributed by atoms with Crippen LogP contribution in [0.4, 0.5) is 17.6 Å². The zero-order valence-electron chi connectivity index (χ0n) is 34.0. The van der Waals surface area contributed by atoms with Gasteiger partial charge in [0, 0.05) is 46.8 Å². The molecule has 3 aromatic heterocycles. The Morgan fingerprint density at radius 3 is 2.02 bits per heavy atom. The molecule has 6 aromatic rings. The highest BCUT2D eigenvalue weighted by Crippen LogP contribution is 2.55. The summed E-state index contributed by atoms with van der Waals surface area (Å²) < 4.78 is 131. The van der Waals surface area contributed by atoms with Crippen LogP contribution in [0.5, 0.6) is 5.75 Å². The van der Waals surface area contributed by atoms with E-state index >= 15 is 8.78 Å². The summed E-state index contributed by atoms with van der Waals surface area (Å²) in [6.45, 7) is 7.51. The molecule has 1 atom stereocenters. The third kappa shape index (κ3) is 8.15. The summed E-state index contributed by atoms with van der Waals surface area (Å²) in [6.07, 6.45) is 9.54. The number of ether oxygens (including phenoxy) is 1. The quantitative estimate of drug-likeness (QED) is 0.0894. The molecule has 1 fully saturated rings. The van der Waals surface area contributed by atoms with Crippen LogP contribution in [0.15, 0.2) is 113 Å². The van der Waals surface area contributed by atoms with E-state index in [9.17, 15) is 25.6 Å². The first kappa shape index (κ1) is 44.5. The Morgan fingerprint density at radius 2 is 1.46 bits per heavy atom. The van der Waals surface area contributed by atoms with Gasteiger partial charge in [-0.15, -0.1) is 0 Å². The van der Waals surface area contributed by atoms with Gasteiger partial charge in [0.1, 0.15) is 17.2 Å². The van der Waals surface area contributed by atoms with E-state index in [0.29, 0.717) is 23.3 Å². The standard InChI is InChI=1S/C43H45ClF4N4O6S2Si/c1-42(2,3)61(4,5)58-30-18-16-29(17-19-30)52-26-28(24-51-52)27-22-33-34(25-50-40(33)49-23-27)38(37-36(57-41(46)47)21-20-35(45)39(37)44)43(48,59(53,54)31-12-8-6-9-13-31)60(55,56)32-14-10-7-11-15-32/h6-15,20-26,29-30,38,41H,16-19H2,1-5H3,(H,49,50)/t29-,30-,38?. The van der Waals surface area contributed by atoms with E-state index in [1.54, 1.807) is 6.20 Å². The molecule has 324 valence electrons. The highest BCUT2D eigenvalue weighted by atomic mass is 35.5. The van der Waals surface area contributed by atoms with Crippen LogP contribution in [0.2, 0.25) is 23.2 Å². The van der Waals surface area contributed by atoms with Crippen LogP contribution < -0.4 is 4.74 Å². The average molecular weight is 918 g/mol. The van der Waals surface area contributed by atoms with Gasteiger partial charge in [-0.1, -0.05) is 68.8 Å². The molecule has 18 heteroatoms. The highest BCUT2D eigenvalue weighted by Gasteiger charge is 2.65. The average Bonchev–Trinajstić information content (AvgIpc) is 3.88. The maximum Gasteiger partial charge on any atom is 0.387 e. The summed E-state index contributed by atoms with van der Waals surface area (Å²) >= 11 is 6.51. The van der Waals surface area contributed by atoms with E-state index < -0.39 is 82.4 Å². The van der Waals surface area contributed by atoms with Crippen molar-refractivity contribution in [3.63, 3.8) is 0 Å². The monoisotopic (exact) mass is 916 g/mol. The van der Waals surface area contributed by atoms with E-state index in [1.165, 1.54) is 48.7 Å². The van der Waals surface area contributed by atoms with Gasteiger partial charge in [-0.3, -0.25) is 4.68 Å². The maximum atomic E-state index is 19.1. The third-order valence-corrected chi connectivity index (χ3v) is 21.8. The number of benzene rings is 3. The second-order valence-corrected chi connectivity index (χ2v) is 26.2. The molecule has 1 aliphatic rings. The lowest BCUT2D eigenvalue weighted by atomic mass is 9.90. The lowest BCUT2D eigenvalue weighted by Gasteiger charge is -2.41. The van der Waals surface area contributed by atoms with Crippen molar-refractivity contribution >= 4 is 50.6 Å². The molecule has 0 aliphatic heterocycles. The fraction of sp³-hybridized carbons (Fsp3) is 0.349. The molecule has 3 aromatic carbocycles. The summed E-state index contributed by atoms with van der Waals surface area (Å²) in [5, 5.41) is 3.67. The SMILES string of the molecule is CC(C)(C)[Si](C)(C)O[C@H]1CC[C@H](n2cc(-c3cnc4[nH]cc(C(c5c(OC(F)F)ccc(F)c5Cl)C(F)(S(=O)(=O)c5ccccc5)S(=O)(=O)c5ccccc5)c4c3)cn2)CC1. The number of aromatic amines is 1. The Kier molecular flexibility index (Phi) is 12.1. The molecular weight excluding hydrogens is 872 g/mol. The molecule has 0 spiro atoms. The number of H-pyrrole nitrogens is 1. The van der Waals surface area contributed by atoms with Crippen LogP contribution in [0.25, 0.3) is 22.2 Å². The minimum absolute atomic E-state index is 0.0181. The fourth-order valence-corrected chi connectivity index (χ4v) is 13.8. The molecule has 3 heterocycles. The first-order valence-corrected chi connectivity index (χ1v) is 25.8. The van der Waals surface area contributed by atoms with Crippen molar-refractivity contribution in [1.82, 2.24) is 19.7 Å². The van der Waals surface area contributed by atoms with Crippen LogP contribution >= 0.6 is 11.6 Å². The number of pyridine rings is 1. The Hall–Kier alpha value is -4.55. The number of nitrogens with zero attached hydrogens (tertiary/aromatic N) is 3. The second-order valence-electron chi connectivity index (χ2n) is 16.7. The van der Waals surface area contributed by atoms with Crippen LogP contribution in [-0.4, -0.2) is 61.9 Å². The van der Waals surface area contributed by atoms with E-state index in [2.05, 4.69) is 48.9 Å². The number of hydrogen-bond acceptors (Lipinski definition) is 8. The zero-order chi connectivity index (χ0) is 44.1. The van der Waals surface area contributed by atoms with Crippen LogP contribution in [0, 0.1) is 5.82 Å². The number of rotatable bonds is 13. The summed E-state index contributed by atoms with van der Waals surface area (Å²) in [4.78, 5) is 5.79. The van der Waals surface area contributed by atoms with E-state index in [4.69, 9.17) is 20.8 Å². The van der Waals surface area contributed by atoms with Gasteiger partial charge in [0.05, 0.1) is 33.0 Å². The lowest BCUT2D eigenvalue weighted by Crippen LogP contribution is -2.48. The van der Waals surface area contributed by atoms with Gasteiger partial charge >= 0.3 is 10.9 Å². The molecule has 1 saturated carbocycles. The summed E-state index contributed by atoms with van der Waals surface area (Å²) in [6, 6.07) is 14.8. The van der Waals surface area contributed by atoms with Gasteiger partial charge in [0.2, 0.25) is 19.7 Å². The molecule has 10 nitrogen and oxygen atoms in total. The van der Waals surface area contributed by atoms with Gasteiger partial charge < -0.3 is 14.1 Å². The van der Waals surface area contributed by atoms with Gasteiger partial charge in [0.15, 0.2) is 8.32 Å². The number of nitrogens with one attached hydrogen (secondary N) is 1.